The van der Waals surface area contributed by atoms with Gasteiger partial charge in [0.25, 0.3) is 0 Å². The van der Waals surface area contributed by atoms with E-state index in [9.17, 15) is 17.7 Å². The molecule has 8 heteroatoms. The van der Waals surface area contributed by atoms with Gasteiger partial charge in [0.15, 0.2) is 0 Å². The third-order valence-electron chi connectivity index (χ3n) is 1.14. The van der Waals surface area contributed by atoms with Crippen LogP contribution in [0.25, 0.3) is 0 Å². The van der Waals surface area contributed by atoms with Crippen LogP contribution in [0.5, 0.6) is 0 Å². The van der Waals surface area contributed by atoms with Gasteiger partial charge < -0.3 is 9.05 Å². The molecule has 0 aromatic carbocycles. The summed E-state index contributed by atoms with van der Waals surface area (Å²) >= 11 is 0. The molecule has 0 saturated carbocycles. The van der Waals surface area contributed by atoms with E-state index in [-0.39, 0.29) is 13.2 Å². The van der Waals surface area contributed by atoms with Crippen LogP contribution < -0.4 is 0 Å². The van der Waals surface area contributed by atoms with Crippen LogP contribution in [0.1, 0.15) is 13.8 Å². The van der Waals surface area contributed by atoms with Crippen LogP contribution in [0.4, 0.5) is 13.2 Å². The SMILES string of the molecule is CCOP(=O)(OCC)C(=N)C(F)(F)F. The zero-order chi connectivity index (χ0) is 11.4. The molecule has 0 radical (unpaired) electrons. The number of rotatable bonds is 5. The summed E-state index contributed by atoms with van der Waals surface area (Å²) in [6, 6.07) is 0. The van der Waals surface area contributed by atoms with Gasteiger partial charge in [0.1, 0.15) is 0 Å². The number of hydrogen-bond donors (Lipinski definition) is 1. The Morgan fingerprint density at radius 2 is 1.64 bits per heavy atom. The van der Waals surface area contributed by atoms with Gasteiger partial charge in [-0.05, 0) is 13.8 Å². The van der Waals surface area contributed by atoms with Crippen molar-refractivity contribution in [1.82, 2.24) is 0 Å². The first-order valence-corrected chi connectivity index (χ1v) is 5.37. The molecule has 0 aromatic heterocycles. The van der Waals surface area contributed by atoms with Crippen LogP contribution >= 0.6 is 7.60 Å². The maximum absolute atomic E-state index is 12.0. The van der Waals surface area contributed by atoms with Crippen molar-refractivity contribution in [2.24, 2.45) is 0 Å². The molecule has 0 amide bonds. The molecule has 0 aliphatic rings. The first-order chi connectivity index (χ1) is 6.28. The lowest BCUT2D eigenvalue weighted by Crippen LogP contribution is -2.24. The largest absolute Gasteiger partial charge is 0.440 e. The van der Waals surface area contributed by atoms with Gasteiger partial charge in [0, 0.05) is 0 Å². The second kappa shape index (κ2) is 4.91. The van der Waals surface area contributed by atoms with Gasteiger partial charge >= 0.3 is 13.8 Å². The van der Waals surface area contributed by atoms with Crippen LogP contribution in [0, 0.1) is 5.41 Å². The van der Waals surface area contributed by atoms with E-state index in [2.05, 4.69) is 9.05 Å². The highest BCUT2D eigenvalue weighted by molar-refractivity contribution is 7.72. The minimum atomic E-state index is -4.99. The molecule has 0 aliphatic carbocycles. The number of halogens is 3. The second-order valence-corrected chi connectivity index (χ2v) is 4.14. The molecule has 84 valence electrons. The van der Waals surface area contributed by atoms with E-state index in [0.29, 0.717) is 0 Å². The maximum atomic E-state index is 12.0. The van der Waals surface area contributed by atoms with Crippen LogP contribution in [0.2, 0.25) is 0 Å². The Morgan fingerprint density at radius 3 is 1.86 bits per heavy atom. The molecule has 0 fully saturated rings. The average Bonchev–Trinajstić information content (AvgIpc) is 2.02. The Hall–Kier alpha value is -0.390. The van der Waals surface area contributed by atoms with E-state index in [4.69, 9.17) is 5.41 Å². The summed E-state index contributed by atoms with van der Waals surface area (Å²) < 4.78 is 56.2. The van der Waals surface area contributed by atoms with E-state index in [1.807, 2.05) is 0 Å². The van der Waals surface area contributed by atoms with Crippen molar-refractivity contribution in [2.45, 2.75) is 20.0 Å². The van der Waals surface area contributed by atoms with Gasteiger partial charge in [-0.1, -0.05) is 0 Å². The molecule has 0 aliphatic heterocycles. The Balaban J connectivity index is 4.83. The van der Waals surface area contributed by atoms with Crippen molar-refractivity contribution in [2.75, 3.05) is 13.2 Å². The molecule has 1 N–H and O–H groups in total. The summed E-state index contributed by atoms with van der Waals surface area (Å²) in [6.45, 7) is 2.32. The predicted octanol–water partition coefficient (Wildman–Crippen LogP) is 2.79. The van der Waals surface area contributed by atoms with Gasteiger partial charge in [-0.25, -0.2) is 0 Å². The maximum Gasteiger partial charge on any atom is 0.440 e. The van der Waals surface area contributed by atoms with E-state index >= 15 is 0 Å². The molecule has 0 saturated heterocycles. The van der Waals surface area contributed by atoms with Crippen molar-refractivity contribution in [1.29, 1.82) is 5.41 Å². The number of nitrogens with one attached hydrogen (secondary N) is 1. The highest BCUT2D eigenvalue weighted by atomic mass is 31.2. The third kappa shape index (κ3) is 3.40. The molecule has 14 heavy (non-hydrogen) atoms. The lowest BCUT2D eigenvalue weighted by Gasteiger charge is -2.18. The number of alkyl halides is 3. The Kier molecular flexibility index (Phi) is 4.77. The van der Waals surface area contributed by atoms with Gasteiger partial charge in [-0.3, -0.25) is 9.97 Å². The molecule has 0 rings (SSSR count). The minimum Gasteiger partial charge on any atom is -0.304 e. The molecular weight excluding hydrogens is 222 g/mol. The van der Waals surface area contributed by atoms with Crippen LogP contribution in [-0.4, -0.2) is 24.8 Å². The Labute approximate surface area is 79.4 Å². The molecule has 0 aromatic rings. The fourth-order valence-corrected chi connectivity index (χ4v) is 1.98. The molecule has 0 bridgehead atoms. The fourth-order valence-electron chi connectivity index (χ4n) is 0.662. The molecular formula is C6H11F3NO3P. The Morgan fingerprint density at radius 1 is 1.29 bits per heavy atom. The standard InChI is InChI=1S/C6H11F3NO3P/c1-3-12-14(11,13-4-2)5(10)6(7,8)9/h10H,3-4H2,1-2H3. The highest BCUT2D eigenvalue weighted by Gasteiger charge is 2.48. The highest BCUT2D eigenvalue weighted by Crippen LogP contribution is 2.53. The van der Waals surface area contributed by atoms with Crippen molar-refractivity contribution in [3.63, 3.8) is 0 Å². The topological polar surface area (TPSA) is 59.4 Å². The molecule has 0 spiro atoms. The zero-order valence-electron chi connectivity index (χ0n) is 7.72. The van der Waals surface area contributed by atoms with Crippen molar-refractivity contribution < 1.29 is 26.8 Å². The lowest BCUT2D eigenvalue weighted by atomic mass is 10.7. The van der Waals surface area contributed by atoms with Crippen LogP contribution in [0.15, 0.2) is 0 Å². The van der Waals surface area contributed by atoms with E-state index < -0.39 is 19.2 Å². The molecule has 4 nitrogen and oxygen atoms in total. The summed E-state index contributed by atoms with van der Waals surface area (Å²) in [5.74, 6) is 0. The third-order valence-corrected chi connectivity index (χ3v) is 3.14. The quantitative estimate of drug-likeness (QED) is 0.586. The van der Waals surface area contributed by atoms with Gasteiger partial charge in [-0.15, -0.1) is 0 Å². The van der Waals surface area contributed by atoms with E-state index in [1.165, 1.54) is 13.8 Å². The predicted molar refractivity (Wildman–Crippen MR) is 44.6 cm³/mol. The summed E-state index contributed by atoms with van der Waals surface area (Å²) in [6.07, 6.45) is -4.99. The second-order valence-electron chi connectivity index (χ2n) is 2.18. The number of hydrogen-bond acceptors (Lipinski definition) is 4. The van der Waals surface area contributed by atoms with Crippen LogP contribution in [0.3, 0.4) is 0 Å². The smallest absolute Gasteiger partial charge is 0.304 e. The van der Waals surface area contributed by atoms with Crippen LogP contribution in [-0.2, 0) is 13.6 Å². The normalized spacial score (nSPS) is 12.9. The monoisotopic (exact) mass is 233 g/mol. The first-order valence-electron chi connectivity index (χ1n) is 3.83. The zero-order valence-corrected chi connectivity index (χ0v) is 8.61. The lowest BCUT2D eigenvalue weighted by molar-refractivity contribution is -0.0580. The minimum absolute atomic E-state index is 0.213. The summed E-state index contributed by atoms with van der Waals surface area (Å²) in [7, 11) is -4.47. The first kappa shape index (κ1) is 13.6. The molecule has 0 atom stereocenters. The fraction of sp³-hybridized carbons (Fsp3) is 0.833. The average molecular weight is 233 g/mol. The van der Waals surface area contributed by atoms with Gasteiger partial charge in [-0.2, -0.15) is 13.2 Å². The van der Waals surface area contributed by atoms with Crippen molar-refractivity contribution in [3.8, 4) is 0 Å². The van der Waals surface area contributed by atoms with Gasteiger partial charge in [0.05, 0.1) is 13.2 Å². The summed E-state index contributed by atoms with van der Waals surface area (Å²) in [4.78, 5) is 0. The molecule has 0 heterocycles. The summed E-state index contributed by atoms with van der Waals surface area (Å²) in [5, 5.41) is 6.66. The van der Waals surface area contributed by atoms with Crippen molar-refractivity contribution in [3.05, 3.63) is 0 Å². The summed E-state index contributed by atoms with van der Waals surface area (Å²) in [5.41, 5.74) is -1.96. The Bertz CT molecular complexity index is 243. The van der Waals surface area contributed by atoms with E-state index in [1.54, 1.807) is 0 Å². The molecule has 0 unspecified atom stereocenters. The van der Waals surface area contributed by atoms with Crippen molar-refractivity contribution >= 4 is 13.0 Å². The van der Waals surface area contributed by atoms with Gasteiger partial charge in [0.2, 0.25) is 5.45 Å². The van der Waals surface area contributed by atoms with E-state index in [0.717, 1.165) is 0 Å².